The number of halogens is 1. The summed E-state index contributed by atoms with van der Waals surface area (Å²) in [5.41, 5.74) is 1.54. The van der Waals surface area contributed by atoms with E-state index >= 15 is 0 Å². The van der Waals surface area contributed by atoms with Crippen molar-refractivity contribution in [3.05, 3.63) is 71.6 Å². The molecule has 0 spiro atoms. The van der Waals surface area contributed by atoms with Crippen molar-refractivity contribution in [2.45, 2.75) is 0 Å². The first kappa shape index (κ1) is 13.5. The quantitative estimate of drug-likeness (QED) is 0.787. The summed E-state index contributed by atoms with van der Waals surface area (Å²) in [4.78, 5) is 17.8. The third kappa shape index (κ3) is 3.14. The Morgan fingerprint density at radius 2 is 1.90 bits per heavy atom. The summed E-state index contributed by atoms with van der Waals surface area (Å²) in [6.07, 6.45) is 3.47. The summed E-state index contributed by atoms with van der Waals surface area (Å²) in [5.74, 6) is -0.537. The Bertz CT molecular complexity index is 753. The number of nitrogens with zero attached hydrogens (tertiary/aromatic N) is 1. The third-order valence-electron chi connectivity index (χ3n) is 2.88. The number of hydrogen-bond acceptors (Lipinski definition) is 3. The van der Waals surface area contributed by atoms with E-state index in [1.807, 2.05) is 18.2 Å². The first-order chi connectivity index (χ1) is 10.2. The lowest BCUT2D eigenvalue weighted by atomic mass is 10.2. The van der Waals surface area contributed by atoms with Crippen LogP contribution in [0.25, 0.3) is 10.4 Å². The fourth-order valence-electron chi connectivity index (χ4n) is 1.85. The van der Waals surface area contributed by atoms with E-state index in [0.29, 0.717) is 10.6 Å². The van der Waals surface area contributed by atoms with Crippen LogP contribution in [0.1, 0.15) is 9.67 Å². The van der Waals surface area contributed by atoms with E-state index in [2.05, 4.69) is 10.3 Å². The van der Waals surface area contributed by atoms with Gasteiger partial charge in [-0.3, -0.25) is 9.78 Å². The number of nitrogens with one attached hydrogen (secondary N) is 1. The van der Waals surface area contributed by atoms with Gasteiger partial charge in [0.15, 0.2) is 0 Å². The number of pyridine rings is 1. The van der Waals surface area contributed by atoms with Crippen LogP contribution in [0.15, 0.2) is 60.9 Å². The molecule has 0 radical (unpaired) electrons. The Hall–Kier alpha value is -2.53. The molecule has 1 amide bonds. The molecule has 0 fully saturated rings. The number of rotatable bonds is 3. The van der Waals surface area contributed by atoms with Crippen molar-refractivity contribution in [1.82, 2.24) is 4.98 Å². The van der Waals surface area contributed by atoms with Gasteiger partial charge in [0.25, 0.3) is 5.91 Å². The number of amides is 1. The molecule has 0 atom stereocenters. The molecule has 2 heterocycles. The molecule has 0 aliphatic rings. The lowest BCUT2D eigenvalue weighted by Gasteiger charge is -2.02. The third-order valence-corrected chi connectivity index (χ3v) is 4.01. The molecule has 1 N–H and O–H groups in total. The van der Waals surface area contributed by atoms with Crippen LogP contribution in [0.5, 0.6) is 0 Å². The number of benzene rings is 1. The van der Waals surface area contributed by atoms with Gasteiger partial charge in [-0.1, -0.05) is 6.07 Å². The molecule has 21 heavy (non-hydrogen) atoms. The molecule has 3 rings (SSSR count). The van der Waals surface area contributed by atoms with Gasteiger partial charge in [-0.25, -0.2) is 4.39 Å². The largest absolute Gasteiger partial charge is 0.321 e. The Labute approximate surface area is 125 Å². The number of aromatic nitrogens is 1. The molecule has 0 aliphatic heterocycles. The molecular formula is C16H11FN2OS. The molecule has 104 valence electrons. The molecule has 0 aliphatic carbocycles. The number of hydrogen-bond donors (Lipinski definition) is 1. The summed E-state index contributed by atoms with van der Waals surface area (Å²) in [5, 5.41) is 2.74. The van der Waals surface area contributed by atoms with Crippen LogP contribution in [-0.4, -0.2) is 10.9 Å². The zero-order valence-corrected chi connectivity index (χ0v) is 11.7. The van der Waals surface area contributed by atoms with E-state index < -0.39 is 0 Å². The first-order valence-corrected chi connectivity index (χ1v) is 7.11. The van der Waals surface area contributed by atoms with Crippen molar-refractivity contribution in [2.24, 2.45) is 0 Å². The smallest absolute Gasteiger partial charge is 0.265 e. The summed E-state index contributed by atoms with van der Waals surface area (Å²) < 4.78 is 12.8. The number of thiophene rings is 1. The van der Waals surface area contributed by atoms with Gasteiger partial charge in [0, 0.05) is 28.5 Å². The average molecular weight is 298 g/mol. The topological polar surface area (TPSA) is 42.0 Å². The zero-order chi connectivity index (χ0) is 14.7. The minimum Gasteiger partial charge on any atom is -0.321 e. The second-order valence-corrected chi connectivity index (χ2v) is 5.45. The molecule has 1 aromatic carbocycles. The predicted molar refractivity (Wildman–Crippen MR) is 81.9 cm³/mol. The van der Waals surface area contributed by atoms with Crippen molar-refractivity contribution >= 4 is 22.9 Å². The summed E-state index contributed by atoms with van der Waals surface area (Å²) >= 11 is 1.39. The van der Waals surface area contributed by atoms with E-state index in [-0.39, 0.29) is 11.7 Å². The molecule has 2 aromatic heterocycles. The van der Waals surface area contributed by atoms with Crippen molar-refractivity contribution in [3.63, 3.8) is 0 Å². The maximum Gasteiger partial charge on any atom is 0.265 e. The normalized spacial score (nSPS) is 10.3. The Morgan fingerprint density at radius 3 is 2.62 bits per heavy atom. The lowest BCUT2D eigenvalue weighted by molar-refractivity contribution is 0.103. The molecule has 0 saturated heterocycles. The van der Waals surface area contributed by atoms with Crippen molar-refractivity contribution in [2.75, 3.05) is 5.32 Å². The van der Waals surface area contributed by atoms with Gasteiger partial charge in [-0.15, -0.1) is 11.3 Å². The highest BCUT2D eigenvalue weighted by molar-refractivity contribution is 7.17. The Morgan fingerprint density at radius 1 is 1.10 bits per heavy atom. The molecule has 3 nitrogen and oxygen atoms in total. The van der Waals surface area contributed by atoms with Gasteiger partial charge in [-0.05, 0) is 42.5 Å². The molecule has 3 aromatic rings. The van der Waals surface area contributed by atoms with Crippen LogP contribution in [0.4, 0.5) is 10.1 Å². The van der Waals surface area contributed by atoms with Gasteiger partial charge >= 0.3 is 0 Å². The van der Waals surface area contributed by atoms with E-state index in [1.165, 1.54) is 35.6 Å². The monoisotopic (exact) mass is 298 g/mol. The lowest BCUT2D eigenvalue weighted by Crippen LogP contribution is -2.09. The molecule has 0 saturated carbocycles. The van der Waals surface area contributed by atoms with Gasteiger partial charge in [0.2, 0.25) is 0 Å². The van der Waals surface area contributed by atoms with Crippen LogP contribution in [-0.2, 0) is 0 Å². The highest BCUT2D eigenvalue weighted by Crippen LogP contribution is 2.27. The number of carbonyl (C=O) groups is 1. The van der Waals surface area contributed by atoms with E-state index in [4.69, 9.17) is 0 Å². The molecular weight excluding hydrogens is 287 g/mol. The van der Waals surface area contributed by atoms with Crippen LogP contribution in [0.2, 0.25) is 0 Å². The summed E-state index contributed by atoms with van der Waals surface area (Å²) in [6, 6.07) is 13.1. The minimum absolute atomic E-state index is 0.207. The molecule has 5 heteroatoms. The van der Waals surface area contributed by atoms with E-state index in [1.54, 1.807) is 18.5 Å². The van der Waals surface area contributed by atoms with Crippen LogP contribution < -0.4 is 5.32 Å². The Kier molecular flexibility index (Phi) is 3.75. The number of carbonyl (C=O) groups excluding carboxylic acids is 1. The highest BCUT2D eigenvalue weighted by atomic mass is 32.1. The van der Waals surface area contributed by atoms with Gasteiger partial charge in [-0.2, -0.15) is 0 Å². The van der Waals surface area contributed by atoms with Gasteiger partial charge in [0.05, 0.1) is 4.88 Å². The van der Waals surface area contributed by atoms with Crippen LogP contribution in [0.3, 0.4) is 0 Å². The Balaban J connectivity index is 1.77. The van der Waals surface area contributed by atoms with E-state index in [9.17, 15) is 9.18 Å². The summed E-state index contributed by atoms with van der Waals surface area (Å²) in [7, 11) is 0. The first-order valence-electron chi connectivity index (χ1n) is 6.29. The van der Waals surface area contributed by atoms with Crippen molar-refractivity contribution in [3.8, 4) is 10.4 Å². The van der Waals surface area contributed by atoms with Crippen LogP contribution >= 0.6 is 11.3 Å². The van der Waals surface area contributed by atoms with Gasteiger partial charge in [0.1, 0.15) is 5.82 Å². The van der Waals surface area contributed by atoms with Crippen molar-refractivity contribution in [1.29, 1.82) is 0 Å². The standard InChI is InChI=1S/C16H11FN2OS/c17-12-3-5-13(6-4-12)19-16(20)15-8-7-14(21-15)11-2-1-9-18-10-11/h1-10H,(H,19,20). The summed E-state index contributed by atoms with van der Waals surface area (Å²) in [6.45, 7) is 0. The molecule has 0 unspecified atom stereocenters. The van der Waals surface area contributed by atoms with Crippen molar-refractivity contribution < 1.29 is 9.18 Å². The fraction of sp³-hybridized carbons (Fsp3) is 0. The predicted octanol–water partition coefficient (Wildman–Crippen LogP) is 4.20. The fourth-order valence-corrected chi connectivity index (χ4v) is 2.74. The average Bonchev–Trinajstić information content (AvgIpc) is 3.00. The van der Waals surface area contributed by atoms with Crippen LogP contribution in [0, 0.1) is 5.82 Å². The second-order valence-electron chi connectivity index (χ2n) is 4.37. The second kappa shape index (κ2) is 5.85. The van der Waals surface area contributed by atoms with Gasteiger partial charge < -0.3 is 5.32 Å². The minimum atomic E-state index is -0.331. The molecule has 0 bridgehead atoms. The zero-order valence-electron chi connectivity index (χ0n) is 10.9. The maximum atomic E-state index is 12.8. The maximum absolute atomic E-state index is 12.8. The van der Waals surface area contributed by atoms with E-state index in [0.717, 1.165) is 10.4 Å². The SMILES string of the molecule is O=C(Nc1ccc(F)cc1)c1ccc(-c2cccnc2)s1. The highest BCUT2D eigenvalue weighted by Gasteiger charge is 2.10. The number of anilines is 1.